The van der Waals surface area contributed by atoms with Crippen LogP contribution in [0.2, 0.25) is 0 Å². The van der Waals surface area contributed by atoms with E-state index < -0.39 is 18.2 Å². The normalized spacial score (nSPS) is 13.7. The topological polar surface area (TPSA) is 89.8 Å². The molecule has 52 heavy (non-hydrogen) atoms. The Hall–Kier alpha value is -1.17. The first-order valence-corrected chi connectivity index (χ1v) is 23.1. The van der Waals surface area contributed by atoms with E-state index in [1.807, 2.05) is 0 Å². The van der Waals surface area contributed by atoms with Gasteiger partial charge >= 0.3 is 0 Å². The third-order valence-electron chi connectivity index (χ3n) is 10.8. The van der Waals surface area contributed by atoms with Gasteiger partial charge in [0.2, 0.25) is 5.91 Å². The maximum absolute atomic E-state index is 12.4. The highest BCUT2D eigenvalue weighted by Gasteiger charge is 2.26. The number of carbonyl (C=O) groups excluding carboxylic acids is 1. The van der Waals surface area contributed by atoms with Gasteiger partial charge in [-0.1, -0.05) is 212 Å². The van der Waals surface area contributed by atoms with Crippen molar-refractivity contribution >= 4 is 5.91 Å². The van der Waals surface area contributed by atoms with E-state index >= 15 is 0 Å². The molecule has 0 radical (unpaired) electrons. The summed E-state index contributed by atoms with van der Waals surface area (Å²) in [5, 5.41) is 33.5. The molecule has 0 aliphatic carbocycles. The van der Waals surface area contributed by atoms with Crippen LogP contribution in [0, 0.1) is 0 Å². The first-order chi connectivity index (χ1) is 25.6. The lowest BCUT2D eigenvalue weighted by Crippen LogP contribution is -2.50. The summed E-state index contributed by atoms with van der Waals surface area (Å²) in [7, 11) is 0. The maximum Gasteiger partial charge on any atom is 0.220 e. The molecule has 0 fully saturated rings. The number of hydrogen-bond donors (Lipinski definition) is 4. The van der Waals surface area contributed by atoms with Crippen molar-refractivity contribution in [3.8, 4) is 0 Å². The highest BCUT2D eigenvalue weighted by molar-refractivity contribution is 5.76. The third-order valence-corrected chi connectivity index (χ3v) is 10.8. The van der Waals surface area contributed by atoms with Crippen LogP contribution in [0.25, 0.3) is 0 Å². The Morgan fingerprint density at radius 2 is 0.788 bits per heavy atom. The van der Waals surface area contributed by atoms with E-state index in [1.165, 1.54) is 173 Å². The van der Waals surface area contributed by atoms with Gasteiger partial charge in [-0.3, -0.25) is 4.79 Å². The number of amides is 1. The van der Waals surface area contributed by atoms with Crippen LogP contribution in [-0.4, -0.2) is 46.1 Å². The summed E-state index contributed by atoms with van der Waals surface area (Å²) < 4.78 is 0. The lowest BCUT2D eigenvalue weighted by molar-refractivity contribution is -0.124. The molecular formula is C47H91NO4. The van der Waals surface area contributed by atoms with Gasteiger partial charge in [0.1, 0.15) is 6.10 Å². The lowest BCUT2D eigenvalue weighted by atomic mass is 10.0. The zero-order valence-corrected chi connectivity index (χ0v) is 35.0. The summed E-state index contributed by atoms with van der Waals surface area (Å²) in [6, 6.07) is -0.828. The molecular weight excluding hydrogens is 643 g/mol. The average molecular weight is 734 g/mol. The monoisotopic (exact) mass is 734 g/mol. The van der Waals surface area contributed by atoms with E-state index in [1.54, 1.807) is 0 Å². The first-order valence-electron chi connectivity index (χ1n) is 23.1. The molecule has 0 aliphatic heterocycles. The molecule has 0 rings (SSSR count). The van der Waals surface area contributed by atoms with Crippen molar-refractivity contribution in [1.29, 1.82) is 0 Å². The van der Waals surface area contributed by atoms with Gasteiger partial charge in [-0.05, 0) is 51.4 Å². The number of allylic oxidation sites excluding steroid dienone is 4. The van der Waals surface area contributed by atoms with Gasteiger partial charge < -0.3 is 20.6 Å². The second kappa shape index (κ2) is 42.6. The van der Waals surface area contributed by atoms with Crippen molar-refractivity contribution in [2.75, 3.05) is 6.61 Å². The van der Waals surface area contributed by atoms with E-state index in [-0.39, 0.29) is 12.5 Å². The SMILES string of the molecule is CCCCCCCC/C=C/CC/C=C/CCCC(O)C(O)C(CO)NC(=O)CCCCCCCCCCCCCCCCCCCCCCCCC. The number of nitrogens with one attached hydrogen (secondary N) is 1. The minimum Gasteiger partial charge on any atom is -0.394 e. The first kappa shape index (κ1) is 50.8. The average Bonchev–Trinajstić information content (AvgIpc) is 3.15. The van der Waals surface area contributed by atoms with Crippen molar-refractivity contribution in [2.24, 2.45) is 0 Å². The molecule has 0 saturated carbocycles. The van der Waals surface area contributed by atoms with E-state index in [9.17, 15) is 20.1 Å². The minimum absolute atomic E-state index is 0.155. The van der Waals surface area contributed by atoms with Crippen molar-refractivity contribution < 1.29 is 20.1 Å². The van der Waals surface area contributed by atoms with Crippen LogP contribution >= 0.6 is 0 Å². The standard InChI is InChI=1S/C47H91NO4/c1-3-5-7-9-11-13-15-17-19-20-21-22-23-24-25-26-28-30-32-34-36-38-40-42-46(51)48-44(43-49)47(52)45(50)41-39-37-35-33-31-29-27-18-16-14-12-10-8-6-4-2/h18,27,33,35,44-45,47,49-50,52H,3-17,19-26,28-32,34,36-43H2,1-2H3,(H,48,51)/b27-18+,35-33+. The van der Waals surface area contributed by atoms with Gasteiger partial charge in [0, 0.05) is 6.42 Å². The zero-order chi connectivity index (χ0) is 38.0. The Kier molecular flexibility index (Phi) is 41.6. The Bertz CT molecular complexity index is 768. The largest absolute Gasteiger partial charge is 0.394 e. The van der Waals surface area contributed by atoms with Crippen molar-refractivity contribution in [1.82, 2.24) is 5.32 Å². The second-order valence-electron chi connectivity index (χ2n) is 16.0. The summed E-state index contributed by atoms with van der Waals surface area (Å²) in [5.41, 5.74) is 0. The van der Waals surface area contributed by atoms with Crippen molar-refractivity contribution in [2.45, 2.75) is 263 Å². The summed E-state index contributed by atoms with van der Waals surface area (Å²) in [6.07, 6.45) is 51.5. The Morgan fingerprint density at radius 3 is 1.17 bits per heavy atom. The molecule has 4 N–H and O–H groups in total. The highest BCUT2D eigenvalue weighted by atomic mass is 16.3. The summed E-state index contributed by atoms with van der Waals surface area (Å²) in [5.74, 6) is -0.155. The number of rotatable bonds is 42. The van der Waals surface area contributed by atoms with Gasteiger partial charge in [-0.25, -0.2) is 0 Å². The third kappa shape index (κ3) is 37.2. The number of aliphatic hydroxyl groups is 3. The van der Waals surface area contributed by atoms with Crippen LogP contribution in [0.1, 0.15) is 245 Å². The van der Waals surface area contributed by atoms with Crippen LogP contribution < -0.4 is 5.32 Å². The van der Waals surface area contributed by atoms with Crippen LogP contribution in [-0.2, 0) is 4.79 Å². The molecule has 308 valence electrons. The zero-order valence-electron chi connectivity index (χ0n) is 35.0. The van der Waals surface area contributed by atoms with Crippen LogP contribution in [0.15, 0.2) is 24.3 Å². The maximum atomic E-state index is 12.4. The minimum atomic E-state index is -1.16. The van der Waals surface area contributed by atoms with E-state index in [0.29, 0.717) is 12.8 Å². The Labute approximate surface area is 324 Å². The molecule has 3 atom stereocenters. The quantitative estimate of drug-likeness (QED) is 0.0371. The molecule has 0 aromatic rings. The summed E-state index contributed by atoms with van der Waals surface area (Å²) >= 11 is 0. The highest BCUT2D eigenvalue weighted by Crippen LogP contribution is 2.16. The molecule has 0 spiro atoms. The molecule has 5 heteroatoms. The van der Waals surface area contributed by atoms with E-state index in [4.69, 9.17) is 0 Å². The predicted molar refractivity (Wildman–Crippen MR) is 227 cm³/mol. The van der Waals surface area contributed by atoms with Crippen LogP contribution in [0.4, 0.5) is 0 Å². The molecule has 0 aromatic heterocycles. The number of carbonyl (C=O) groups is 1. The Morgan fingerprint density at radius 1 is 0.462 bits per heavy atom. The van der Waals surface area contributed by atoms with Crippen LogP contribution in [0.3, 0.4) is 0 Å². The predicted octanol–water partition coefficient (Wildman–Crippen LogP) is 13.4. The van der Waals surface area contributed by atoms with Gasteiger partial charge in [0.25, 0.3) is 0 Å². The molecule has 0 bridgehead atoms. The summed E-state index contributed by atoms with van der Waals surface area (Å²) in [4.78, 5) is 12.4. The Balaban J connectivity index is 3.61. The molecule has 0 heterocycles. The fourth-order valence-electron chi connectivity index (χ4n) is 7.18. The fourth-order valence-corrected chi connectivity index (χ4v) is 7.18. The molecule has 0 aliphatic rings. The van der Waals surface area contributed by atoms with Crippen LogP contribution in [0.5, 0.6) is 0 Å². The summed E-state index contributed by atoms with van der Waals surface area (Å²) in [6.45, 7) is 4.17. The molecule has 1 amide bonds. The molecule has 3 unspecified atom stereocenters. The molecule has 0 saturated heterocycles. The van der Waals surface area contributed by atoms with Gasteiger partial charge in [0.05, 0.1) is 18.8 Å². The second-order valence-corrected chi connectivity index (χ2v) is 16.0. The molecule has 5 nitrogen and oxygen atoms in total. The number of unbranched alkanes of at least 4 members (excludes halogenated alkanes) is 30. The number of aliphatic hydroxyl groups excluding tert-OH is 3. The van der Waals surface area contributed by atoms with Gasteiger partial charge in [-0.15, -0.1) is 0 Å². The fraction of sp³-hybridized carbons (Fsp3) is 0.894. The smallest absolute Gasteiger partial charge is 0.220 e. The lowest BCUT2D eigenvalue weighted by Gasteiger charge is -2.26. The number of hydrogen-bond acceptors (Lipinski definition) is 4. The van der Waals surface area contributed by atoms with E-state index in [0.717, 1.165) is 44.9 Å². The van der Waals surface area contributed by atoms with Gasteiger partial charge in [0.15, 0.2) is 0 Å². The van der Waals surface area contributed by atoms with Gasteiger partial charge in [-0.2, -0.15) is 0 Å². The van der Waals surface area contributed by atoms with E-state index in [2.05, 4.69) is 43.5 Å². The van der Waals surface area contributed by atoms with Crippen molar-refractivity contribution in [3.05, 3.63) is 24.3 Å². The van der Waals surface area contributed by atoms with Crippen molar-refractivity contribution in [3.63, 3.8) is 0 Å². The molecule has 0 aromatic carbocycles.